The van der Waals surface area contributed by atoms with Gasteiger partial charge in [0.25, 0.3) is 0 Å². The van der Waals surface area contributed by atoms with Gasteiger partial charge in [-0.15, -0.1) is 11.3 Å². The highest BCUT2D eigenvalue weighted by Gasteiger charge is 2.34. The first kappa shape index (κ1) is 17.4. The average molecular weight is 345 g/mol. The van der Waals surface area contributed by atoms with Crippen LogP contribution >= 0.6 is 11.3 Å². The van der Waals surface area contributed by atoms with Gasteiger partial charge in [-0.3, -0.25) is 0 Å². The summed E-state index contributed by atoms with van der Waals surface area (Å²) in [6, 6.07) is 3.88. The van der Waals surface area contributed by atoms with Crippen molar-refractivity contribution in [2.45, 2.75) is 32.4 Å². The minimum Gasteiger partial charge on any atom is -0.493 e. The van der Waals surface area contributed by atoms with Crippen LogP contribution in [0.5, 0.6) is 5.75 Å². The first-order valence-corrected chi connectivity index (χ1v) is 8.10. The maximum atomic E-state index is 13.2. The summed E-state index contributed by atoms with van der Waals surface area (Å²) in [6.07, 6.45) is -1.85. The van der Waals surface area contributed by atoms with Gasteiger partial charge in [-0.1, -0.05) is 19.8 Å². The fraction of sp³-hybridized carbons (Fsp3) is 0.400. The molecule has 0 aliphatic rings. The van der Waals surface area contributed by atoms with E-state index in [1.54, 1.807) is 5.38 Å². The highest BCUT2D eigenvalue weighted by molar-refractivity contribution is 7.14. The summed E-state index contributed by atoms with van der Waals surface area (Å²) in [5, 5.41) is 4.86. The van der Waals surface area contributed by atoms with E-state index in [0.29, 0.717) is 10.9 Å². The average Bonchev–Trinajstić information content (AvgIpc) is 2.89. The second-order valence-corrected chi connectivity index (χ2v) is 5.82. The molecule has 1 heterocycles. The van der Waals surface area contributed by atoms with Crippen molar-refractivity contribution >= 4 is 28.0 Å². The van der Waals surface area contributed by atoms with Gasteiger partial charge in [0.15, 0.2) is 5.13 Å². The number of nitrogens with two attached hydrogens (primary N) is 1. The summed E-state index contributed by atoms with van der Waals surface area (Å²) in [5.41, 5.74) is 4.98. The number of aromatic nitrogens is 1. The lowest BCUT2D eigenvalue weighted by molar-refractivity contribution is -0.138. The molecular formula is C15H18F3N3OS. The van der Waals surface area contributed by atoms with E-state index in [1.165, 1.54) is 23.5 Å². The van der Waals surface area contributed by atoms with Gasteiger partial charge < -0.3 is 15.8 Å². The Kier molecular flexibility index (Phi) is 5.70. The third-order valence-electron chi connectivity index (χ3n) is 3.06. The van der Waals surface area contributed by atoms with Gasteiger partial charge in [-0.25, -0.2) is 4.98 Å². The number of rotatable bonds is 7. The molecule has 0 unspecified atom stereocenters. The first-order valence-electron chi connectivity index (χ1n) is 7.22. The molecule has 0 aliphatic carbocycles. The molecule has 0 saturated heterocycles. The van der Waals surface area contributed by atoms with Crippen LogP contribution < -0.4 is 15.8 Å². The maximum Gasteiger partial charge on any atom is 0.420 e. The number of ether oxygens (including phenoxy) is 1. The number of nitrogens with one attached hydrogen (secondary N) is 1. The number of nitrogens with zero attached hydrogens (tertiary/aromatic N) is 1. The van der Waals surface area contributed by atoms with Crippen molar-refractivity contribution < 1.29 is 17.9 Å². The molecule has 0 saturated carbocycles. The Bertz CT molecular complexity index is 643. The van der Waals surface area contributed by atoms with Crippen LogP contribution in [-0.4, -0.2) is 11.6 Å². The van der Waals surface area contributed by atoms with E-state index >= 15 is 0 Å². The SMILES string of the molecule is CCCCCOc1ccc(Nc2nc(N)cs2)cc1C(F)(F)F. The summed E-state index contributed by atoms with van der Waals surface area (Å²) >= 11 is 1.22. The van der Waals surface area contributed by atoms with E-state index in [1.807, 2.05) is 6.92 Å². The number of halogens is 3. The summed E-state index contributed by atoms with van der Waals surface area (Å²) in [5.74, 6) is 0.169. The van der Waals surface area contributed by atoms with Crippen molar-refractivity contribution in [3.05, 3.63) is 29.1 Å². The molecule has 23 heavy (non-hydrogen) atoms. The lowest BCUT2D eigenvalue weighted by atomic mass is 10.1. The van der Waals surface area contributed by atoms with Crippen molar-refractivity contribution in [3.63, 3.8) is 0 Å². The molecule has 0 fully saturated rings. The molecule has 8 heteroatoms. The van der Waals surface area contributed by atoms with Crippen LogP contribution in [0.4, 0.5) is 29.8 Å². The van der Waals surface area contributed by atoms with Crippen LogP contribution in [0.1, 0.15) is 31.7 Å². The minimum absolute atomic E-state index is 0.155. The Balaban J connectivity index is 2.16. The van der Waals surface area contributed by atoms with Crippen LogP contribution in [0, 0.1) is 0 Å². The molecule has 0 atom stereocenters. The van der Waals surface area contributed by atoms with Gasteiger partial charge >= 0.3 is 6.18 Å². The molecule has 3 N–H and O–H groups in total. The Labute approximate surface area is 136 Å². The van der Waals surface area contributed by atoms with Crippen molar-refractivity contribution in [1.82, 2.24) is 4.98 Å². The highest BCUT2D eigenvalue weighted by atomic mass is 32.1. The number of anilines is 3. The number of alkyl halides is 3. The molecule has 0 spiro atoms. The van der Waals surface area contributed by atoms with Crippen LogP contribution in [0.3, 0.4) is 0 Å². The normalized spacial score (nSPS) is 11.5. The second-order valence-electron chi connectivity index (χ2n) is 4.97. The zero-order chi connectivity index (χ0) is 16.9. The van der Waals surface area contributed by atoms with Gasteiger partial charge in [-0.2, -0.15) is 13.2 Å². The quantitative estimate of drug-likeness (QED) is 0.689. The maximum absolute atomic E-state index is 13.2. The van der Waals surface area contributed by atoms with Crippen LogP contribution in [-0.2, 0) is 6.18 Å². The molecule has 0 bridgehead atoms. The van der Waals surface area contributed by atoms with E-state index in [-0.39, 0.29) is 18.0 Å². The van der Waals surface area contributed by atoms with Crippen molar-refractivity contribution in [2.75, 3.05) is 17.7 Å². The molecule has 0 radical (unpaired) electrons. The van der Waals surface area contributed by atoms with E-state index in [0.717, 1.165) is 25.3 Å². The van der Waals surface area contributed by atoms with Crippen molar-refractivity contribution in [1.29, 1.82) is 0 Å². The van der Waals surface area contributed by atoms with Crippen LogP contribution in [0.25, 0.3) is 0 Å². The lowest BCUT2D eigenvalue weighted by Crippen LogP contribution is -2.10. The molecule has 0 aliphatic heterocycles. The lowest BCUT2D eigenvalue weighted by Gasteiger charge is -2.15. The standard InChI is InChI=1S/C15H18F3N3OS/c1-2-3-4-7-22-12-6-5-10(8-11(12)15(16,17)18)20-14-21-13(19)9-23-14/h5-6,8-9H,2-4,7,19H2,1H3,(H,20,21). The number of thiazole rings is 1. The van der Waals surface area contributed by atoms with Gasteiger partial charge in [0, 0.05) is 11.1 Å². The molecule has 1 aromatic carbocycles. The van der Waals surface area contributed by atoms with E-state index in [2.05, 4.69) is 10.3 Å². The zero-order valence-corrected chi connectivity index (χ0v) is 13.4. The predicted molar refractivity (Wildman–Crippen MR) is 86.3 cm³/mol. The summed E-state index contributed by atoms with van der Waals surface area (Å²) in [6.45, 7) is 2.29. The first-order chi connectivity index (χ1) is 10.9. The molecule has 1 aromatic heterocycles. The van der Waals surface area contributed by atoms with E-state index in [9.17, 15) is 13.2 Å². The Morgan fingerprint density at radius 3 is 2.70 bits per heavy atom. The molecule has 126 valence electrons. The Morgan fingerprint density at radius 2 is 2.09 bits per heavy atom. The zero-order valence-electron chi connectivity index (χ0n) is 12.6. The number of benzene rings is 1. The summed E-state index contributed by atoms with van der Waals surface area (Å²) < 4.78 is 44.9. The number of nitrogen functional groups attached to an aromatic ring is 1. The fourth-order valence-electron chi connectivity index (χ4n) is 1.96. The topological polar surface area (TPSA) is 60.2 Å². The fourth-order valence-corrected chi connectivity index (χ4v) is 2.58. The third kappa shape index (κ3) is 5.02. The van der Waals surface area contributed by atoms with Gasteiger partial charge in [0.2, 0.25) is 0 Å². The Hall–Kier alpha value is -1.96. The van der Waals surface area contributed by atoms with Gasteiger partial charge in [0.05, 0.1) is 12.2 Å². The van der Waals surface area contributed by atoms with Gasteiger partial charge in [0.1, 0.15) is 11.6 Å². The van der Waals surface area contributed by atoms with Gasteiger partial charge in [-0.05, 0) is 24.6 Å². The summed E-state index contributed by atoms with van der Waals surface area (Å²) in [4.78, 5) is 3.96. The predicted octanol–water partition coefficient (Wildman–Crippen LogP) is 5.06. The molecule has 2 aromatic rings. The molecule has 2 rings (SSSR count). The number of unbranched alkanes of at least 4 members (excludes halogenated alkanes) is 2. The van der Waals surface area contributed by atoms with E-state index in [4.69, 9.17) is 10.5 Å². The largest absolute Gasteiger partial charge is 0.493 e. The summed E-state index contributed by atoms with van der Waals surface area (Å²) in [7, 11) is 0. The third-order valence-corrected chi connectivity index (χ3v) is 3.84. The molecule has 0 amide bonds. The number of hydrogen-bond donors (Lipinski definition) is 2. The monoisotopic (exact) mass is 345 g/mol. The van der Waals surface area contributed by atoms with Crippen molar-refractivity contribution in [2.24, 2.45) is 0 Å². The molecular weight excluding hydrogens is 327 g/mol. The van der Waals surface area contributed by atoms with E-state index < -0.39 is 11.7 Å². The van der Waals surface area contributed by atoms with Crippen molar-refractivity contribution in [3.8, 4) is 5.75 Å². The van der Waals surface area contributed by atoms with Crippen LogP contribution in [0.15, 0.2) is 23.6 Å². The highest BCUT2D eigenvalue weighted by Crippen LogP contribution is 2.38. The Morgan fingerprint density at radius 1 is 1.30 bits per heavy atom. The smallest absolute Gasteiger partial charge is 0.420 e. The second kappa shape index (κ2) is 7.54. The molecule has 4 nitrogen and oxygen atoms in total. The number of hydrogen-bond acceptors (Lipinski definition) is 5. The minimum atomic E-state index is -4.49. The van der Waals surface area contributed by atoms with Crippen LogP contribution in [0.2, 0.25) is 0 Å².